The van der Waals surface area contributed by atoms with E-state index in [9.17, 15) is 23.1 Å². The monoisotopic (exact) mass is 283 g/mol. The van der Waals surface area contributed by atoms with Gasteiger partial charge >= 0.3 is 12.1 Å². The maximum atomic E-state index is 11.9. The van der Waals surface area contributed by atoms with Crippen molar-refractivity contribution in [2.45, 2.75) is 44.3 Å². The summed E-state index contributed by atoms with van der Waals surface area (Å²) in [6.07, 6.45) is -1.54. The molecule has 1 aliphatic rings. The van der Waals surface area contributed by atoms with Crippen LogP contribution in [-0.2, 0) is 9.53 Å². The van der Waals surface area contributed by atoms with E-state index in [2.05, 4.69) is 4.74 Å². The Labute approximate surface area is 110 Å². The maximum absolute atomic E-state index is 11.9. The number of rotatable bonds is 6. The molecule has 0 radical (unpaired) electrons. The van der Waals surface area contributed by atoms with Gasteiger partial charge in [0.2, 0.25) is 0 Å². The van der Waals surface area contributed by atoms with Crippen molar-refractivity contribution in [1.29, 1.82) is 0 Å². The molecule has 1 heterocycles. The van der Waals surface area contributed by atoms with E-state index in [-0.39, 0.29) is 6.61 Å². The summed E-state index contributed by atoms with van der Waals surface area (Å²) in [5.74, 6) is -0.872. The number of alkyl halides is 3. The quantitative estimate of drug-likeness (QED) is 0.760. The number of likely N-dealkylation sites (tertiary alicyclic amines) is 1. The maximum Gasteiger partial charge on any atom is 0.411 e. The number of carboxylic acids is 1. The molecule has 7 heteroatoms. The van der Waals surface area contributed by atoms with Crippen LogP contribution in [0.2, 0.25) is 0 Å². The van der Waals surface area contributed by atoms with Crippen LogP contribution in [-0.4, -0.2) is 54.0 Å². The number of carbonyl (C=O) groups is 1. The van der Waals surface area contributed by atoms with E-state index >= 15 is 0 Å². The zero-order chi connectivity index (χ0) is 14.5. The van der Waals surface area contributed by atoms with Crippen LogP contribution in [0.4, 0.5) is 13.2 Å². The SMILES string of the molecule is CC1(C(=O)O)CCCCN1CCCOCC(F)(F)F. The molecule has 0 bridgehead atoms. The molecule has 112 valence electrons. The van der Waals surface area contributed by atoms with Crippen molar-refractivity contribution in [1.82, 2.24) is 4.90 Å². The van der Waals surface area contributed by atoms with E-state index in [4.69, 9.17) is 0 Å². The standard InChI is InChI=1S/C12H20F3NO3/c1-11(10(17)18)5-2-3-6-16(11)7-4-8-19-9-12(13,14)15/h2-9H2,1H3,(H,17,18). The highest BCUT2D eigenvalue weighted by Crippen LogP contribution is 2.28. The second kappa shape index (κ2) is 6.56. The molecule has 19 heavy (non-hydrogen) atoms. The highest BCUT2D eigenvalue weighted by atomic mass is 19.4. The van der Waals surface area contributed by atoms with Gasteiger partial charge in [-0.2, -0.15) is 13.2 Å². The molecule has 0 spiro atoms. The lowest BCUT2D eigenvalue weighted by Crippen LogP contribution is -2.55. The fourth-order valence-corrected chi connectivity index (χ4v) is 2.32. The van der Waals surface area contributed by atoms with Crippen LogP contribution in [0, 0.1) is 0 Å². The van der Waals surface area contributed by atoms with Crippen LogP contribution in [0.1, 0.15) is 32.6 Å². The molecule has 1 fully saturated rings. The zero-order valence-electron chi connectivity index (χ0n) is 11.0. The summed E-state index contributed by atoms with van der Waals surface area (Å²) in [5.41, 5.74) is -0.901. The molecule has 0 aromatic rings. The molecule has 0 aromatic carbocycles. The van der Waals surface area contributed by atoms with Gasteiger partial charge in [0.1, 0.15) is 12.1 Å². The third-order valence-electron chi connectivity index (χ3n) is 3.48. The Hall–Kier alpha value is -0.820. The topological polar surface area (TPSA) is 49.8 Å². The molecular formula is C12H20F3NO3. The zero-order valence-corrected chi connectivity index (χ0v) is 11.0. The van der Waals surface area contributed by atoms with E-state index in [1.807, 2.05) is 4.90 Å². The first-order chi connectivity index (χ1) is 8.76. The summed E-state index contributed by atoms with van der Waals surface area (Å²) >= 11 is 0. The van der Waals surface area contributed by atoms with E-state index in [0.717, 1.165) is 12.8 Å². The molecular weight excluding hydrogens is 263 g/mol. The molecule has 1 aliphatic heterocycles. The molecule has 1 N–H and O–H groups in total. The van der Waals surface area contributed by atoms with E-state index in [1.165, 1.54) is 0 Å². The van der Waals surface area contributed by atoms with Crippen LogP contribution in [0.3, 0.4) is 0 Å². The van der Waals surface area contributed by atoms with Gasteiger partial charge in [0.15, 0.2) is 0 Å². The number of hydrogen-bond acceptors (Lipinski definition) is 3. The Balaban J connectivity index is 2.32. The molecule has 0 aliphatic carbocycles. The first-order valence-corrected chi connectivity index (χ1v) is 6.39. The molecule has 0 amide bonds. The van der Waals surface area contributed by atoms with Crippen LogP contribution >= 0.6 is 0 Å². The molecule has 0 aromatic heterocycles. The van der Waals surface area contributed by atoms with Gasteiger partial charge in [-0.15, -0.1) is 0 Å². The van der Waals surface area contributed by atoms with Crippen LogP contribution in [0.25, 0.3) is 0 Å². The molecule has 0 saturated carbocycles. The van der Waals surface area contributed by atoms with Gasteiger partial charge in [-0.05, 0) is 39.2 Å². The fourth-order valence-electron chi connectivity index (χ4n) is 2.32. The summed E-state index contributed by atoms with van der Waals surface area (Å²) < 4.78 is 40.1. The van der Waals surface area contributed by atoms with Crippen molar-refractivity contribution in [3.05, 3.63) is 0 Å². The average molecular weight is 283 g/mol. The summed E-state index contributed by atoms with van der Waals surface area (Å²) in [7, 11) is 0. The van der Waals surface area contributed by atoms with Crippen molar-refractivity contribution in [3.63, 3.8) is 0 Å². The predicted octanol–water partition coefficient (Wildman–Crippen LogP) is 2.28. The fraction of sp³-hybridized carbons (Fsp3) is 0.917. The third-order valence-corrected chi connectivity index (χ3v) is 3.48. The first-order valence-electron chi connectivity index (χ1n) is 6.39. The van der Waals surface area contributed by atoms with Gasteiger partial charge in [-0.3, -0.25) is 9.69 Å². The number of hydrogen-bond donors (Lipinski definition) is 1. The normalized spacial score (nSPS) is 25.5. The second-order valence-corrected chi connectivity index (χ2v) is 5.04. The Morgan fingerprint density at radius 3 is 2.68 bits per heavy atom. The predicted molar refractivity (Wildman–Crippen MR) is 63.0 cm³/mol. The lowest BCUT2D eigenvalue weighted by Gasteiger charge is -2.41. The van der Waals surface area contributed by atoms with Gasteiger partial charge in [-0.25, -0.2) is 0 Å². The molecule has 1 rings (SSSR count). The number of carboxylic acid groups (broad SMARTS) is 1. The Bertz CT molecular complexity index is 309. The number of aliphatic carboxylic acids is 1. The molecule has 4 nitrogen and oxygen atoms in total. The number of piperidine rings is 1. The second-order valence-electron chi connectivity index (χ2n) is 5.04. The summed E-state index contributed by atoms with van der Waals surface area (Å²) in [6, 6.07) is 0. The van der Waals surface area contributed by atoms with Crippen LogP contribution in [0.5, 0.6) is 0 Å². The van der Waals surface area contributed by atoms with Crippen molar-refractivity contribution >= 4 is 5.97 Å². The Morgan fingerprint density at radius 2 is 2.11 bits per heavy atom. The minimum Gasteiger partial charge on any atom is -0.480 e. The highest BCUT2D eigenvalue weighted by molar-refractivity contribution is 5.78. The molecule has 1 unspecified atom stereocenters. The van der Waals surface area contributed by atoms with Crippen molar-refractivity contribution in [2.75, 3.05) is 26.3 Å². The smallest absolute Gasteiger partial charge is 0.411 e. The Kier molecular flexibility index (Phi) is 5.61. The van der Waals surface area contributed by atoms with Gasteiger partial charge < -0.3 is 9.84 Å². The molecule has 1 saturated heterocycles. The minimum absolute atomic E-state index is 0.00823. The lowest BCUT2D eigenvalue weighted by atomic mass is 9.88. The molecule has 1 atom stereocenters. The number of nitrogens with zero attached hydrogens (tertiary/aromatic N) is 1. The van der Waals surface area contributed by atoms with Crippen molar-refractivity contribution in [3.8, 4) is 0 Å². The number of halogens is 3. The van der Waals surface area contributed by atoms with Gasteiger partial charge in [0.25, 0.3) is 0 Å². The van der Waals surface area contributed by atoms with E-state index in [1.54, 1.807) is 6.92 Å². The lowest BCUT2D eigenvalue weighted by molar-refractivity contribution is -0.174. The van der Waals surface area contributed by atoms with Crippen molar-refractivity contribution < 1.29 is 27.8 Å². The van der Waals surface area contributed by atoms with E-state index < -0.39 is 24.3 Å². The van der Waals surface area contributed by atoms with Gasteiger partial charge in [-0.1, -0.05) is 0 Å². The Morgan fingerprint density at radius 1 is 1.42 bits per heavy atom. The summed E-state index contributed by atoms with van der Waals surface area (Å²) in [6.45, 7) is 1.53. The summed E-state index contributed by atoms with van der Waals surface area (Å²) in [5, 5.41) is 9.26. The highest BCUT2D eigenvalue weighted by Gasteiger charge is 2.40. The number of ether oxygens (including phenoxy) is 1. The third kappa shape index (κ3) is 4.99. The largest absolute Gasteiger partial charge is 0.480 e. The summed E-state index contributed by atoms with van der Waals surface area (Å²) in [4.78, 5) is 13.1. The van der Waals surface area contributed by atoms with Crippen LogP contribution < -0.4 is 0 Å². The average Bonchev–Trinajstić information content (AvgIpc) is 2.29. The van der Waals surface area contributed by atoms with Gasteiger partial charge in [0.05, 0.1) is 0 Å². The van der Waals surface area contributed by atoms with Crippen molar-refractivity contribution in [2.24, 2.45) is 0 Å². The minimum atomic E-state index is -4.30. The van der Waals surface area contributed by atoms with Gasteiger partial charge in [0, 0.05) is 13.2 Å². The van der Waals surface area contributed by atoms with Crippen LogP contribution in [0.15, 0.2) is 0 Å². The first kappa shape index (κ1) is 16.2. The van der Waals surface area contributed by atoms with E-state index in [0.29, 0.717) is 25.9 Å².